The minimum atomic E-state index is -0.640. The maximum absolute atomic E-state index is 10.3. The van der Waals surface area contributed by atoms with Crippen LogP contribution in [-0.4, -0.2) is 11.1 Å². The Balaban J connectivity index is 2.24. The van der Waals surface area contributed by atoms with Gasteiger partial charge in [0.25, 0.3) is 0 Å². The monoisotopic (exact) mass is 142 g/mol. The smallest absolute Gasteiger partial charge is 0.303 e. The molecular weight excluding hydrogens is 128 g/mol. The van der Waals surface area contributed by atoms with E-state index in [1.807, 2.05) is 0 Å². The van der Waals surface area contributed by atoms with Crippen LogP contribution in [0.3, 0.4) is 0 Å². The van der Waals surface area contributed by atoms with Gasteiger partial charge in [0.15, 0.2) is 0 Å². The van der Waals surface area contributed by atoms with E-state index in [-0.39, 0.29) is 0 Å². The quantitative estimate of drug-likeness (QED) is 0.639. The Morgan fingerprint density at radius 3 is 2.70 bits per heavy atom. The van der Waals surface area contributed by atoms with Crippen LogP contribution in [-0.2, 0) is 4.79 Å². The third-order valence-electron chi connectivity index (χ3n) is 2.27. The zero-order valence-corrected chi connectivity index (χ0v) is 6.34. The highest BCUT2D eigenvalue weighted by molar-refractivity contribution is 5.67. The molecule has 0 aromatic rings. The van der Waals surface area contributed by atoms with Gasteiger partial charge in [-0.3, -0.25) is 4.79 Å². The second-order valence-electron chi connectivity index (χ2n) is 3.38. The molecule has 0 unspecified atom stereocenters. The van der Waals surface area contributed by atoms with Gasteiger partial charge in [0.1, 0.15) is 0 Å². The Morgan fingerprint density at radius 2 is 2.30 bits per heavy atom. The second kappa shape index (κ2) is 3.04. The highest BCUT2D eigenvalue weighted by Crippen LogP contribution is 2.32. The molecule has 2 nitrogen and oxygen atoms in total. The Morgan fingerprint density at radius 1 is 1.60 bits per heavy atom. The normalized spacial score (nSPS) is 32.5. The van der Waals surface area contributed by atoms with Crippen molar-refractivity contribution in [2.45, 2.75) is 32.6 Å². The van der Waals surface area contributed by atoms with Crippen LogP contribution in [0.2, 0.25) is 0 Å². The Bertz CT molecular complexity index is 131. The average Bonchev–Trinajstić information content (AvgIpc) is 2.13. The maximum atomic E-state index is 10.3. The Labute approximate surface area is 61.2 Å². The molecule has 0 saturated heterocycles. The van der Waals surface area contributed by atoms with E-state index in [2.05, 4.69) is 6.92 Å². The first-order valence-corrected chi connectivity index (χ1v) is 3.90. The first-order valence-electron chi connectivity index (χ1n) is 3.90. The SMILES string of the molecule is C[C@H]1CC[C@@H](CC(=O)O)C1. The third-order valence-corrected chi connectivity index (χ3v) is 2.27. The highest BCUT2D eigenvalue weighted by Gasteiger charge is 2.22. The fraction of sp³-hybridized carbons (Fsp3) is 0.875. The van der Waals surface area contributed by atoms with Gasteiger partial charge in [0.2, 0.25) is 0 Å². The molecule has 1 aliphatic rings. The first-order chi connectivity index (χ1) is 4.68. The molecule has 1 aliphatic carbocycles. The van der Waals surface area contributed by atoms with Crippen molar-refractivity contribution in [1.82, 2.24) is 0 Å². The molecule has 0 aliphatic heterocycles. The van der Waals surface area contributed by atoms with E-state index in [9.17, 15) is 4.79 Å². The van der Waals surface area contributed by atoms with E-state index in [1.165, 1.54) is 6.42 Å². The Hall–Kier alpha value is -0.530. The zero-order valence-electron chi connectivity index (χ0n) is 6.34. The van der Waals surface area contributed by atoms with Crippen LogP contribution in [0.1, 0.15) is 32.6 Å². The van der Waals surface area contributed by atoms with Gasteiger partial charge in [0, 0.05) is 6.42 Å². The summed E-state index contributed by atoms with van der Waals surface area (Å²) in [4.78, 5) is 10.3. The van der Waals surface area contributed by atoms with Crippen LogP contribution in [0.4, 0.5) is 0 Å². The van der Waals surface area contributed by atoms with Crippen molar-refractivity contribution in [3.8, 4) is 0 Å². The predicted octanol–water partition coefficient (Wildman–Crippen LogP) is 1.90. The molecule has 0 aromatic carbocycles. The summed E-state index contributed by atoms with van der Waals surface area (Å²) < 4.78 is 0. The molecule has 0 heterocycles. The van der Waals surface area contributed by atoms with Crippen molar-refractivity contribution >= 4 is 5.97 Å². The molecule has 0 amide bonds. The summed E-state index contributed by atoms with van der Waals surface area (Å²) in [6.07, 6.45) is 3.84. The Kier molecular flexibility index (Phi) is 2.30. The number of carbonyl (C=O) groups is 1. The van der Waals surface area contributed by atoms with Gasteiger partial charge in [-0.25, -0.2) is 0 Å². The van der Waals surface area contributed by atoms with E-state index < -0.39 is 5.97 Å². The van der Waals surface area contributed by atoms with Crippen LogP contribution in [0.15, 0.2) is 0 Å². The molecule has 0 bridgehead atoms. The van der Waals surface area contributed by atoms with Crippen LogP contribution >= 0.6 is 0 Å². The summed E-state index contributed by atoms with van der Waals surface area (Å²) >= 11 is 0. The van der Waals surface area contributed by atoms with Crippen LogP contribution in [0.5, 0.6) is 0 Å². The predicted molar refractivity (Wildman–Crippen MR) is 38.8 cm³/mol. The number of hydrogen-bond acceptors (Lipinski definition) is 1. The van der Waals surface area contributed by atoms with Crippen molar-refractivity contribution in [2.24, 2.45) is 11.8 Å². The standard InChI is InChI=1S/C8H14O2/c1-6-2-3-7(4-6)5-8(9)10/h6-7H,2-5H2,1H3,(H,9,10)/t6-,7+/m0/s1. The summed E-state index contributed by atoms with van der Waals surface area (Å²) in [6.45, 7) is 2.20. The molecule has 1 N–H and O–H groups in total. The molecule has 1 saturated carbocycles. The fourth-order valence-corrected chi connectivity index (χ4v) is 1.76. The van der Waals surface area contributed by atoms with Crippen LogP contribution < -0.4 is 0 Å². The van der Waals surface area contributed by atoms with Gasteiger partial charge in [-0.15, -0.1) is 0 Å². The number of carboxylic acids is 1. The number of rotatable bonds is 2. The molecule has 0 radical (unpaired) electrons. The number of aliphatic carboxylic acids is 1. The van der Waals surface area contributed by atoms with Crippen LogP contribution in [0.25, 0.3) is 0 Å². The molecule has 10 heavy (non-hydrogen) atoms. The van der Waals surface area contributed by atoms with Crippen molar-refractivity contribution in [3.05, 3.63) is 0 Å². The van der Waals surface area contributed by atoms with Gasteiger partial charge in [-0.05, 0) is 24.7 Å². The molecular formula is C8H14O2. The van der Waals surface area contributed by atoms with Gasteiger partial charge in [-0.1, -0.05) is 13.3 Å². The van der Waals surface area contributed by atoms with Crippen molar-refractivity contribution in [1.29, 1.82) is 0 Å². The lowest BCUT2D eigenvalue weighted by Gasteiger charge is -2.03. The van der Waals surface area contributed by atoms with Crippen molar-refractivity contribution in [3.63, 3.8) is 0 Å². The second-order valence-corrected chi connectivity index (χ2v) is 3.38. The van der Waals surface area contributed by atoms with Crippen molar-refractivity contribution in [2.75, 3.05) is 0 Å². The minimum absolute atomic E-state index is 0.379. The van der Waals surface area contributed by atoms with E-state index in [4.69, 9.17) is 5.11 Å². The molecule has 1 fully saturated rings. The summed E-state index contributed by atoms with van der Waals surface area (Å²) in [7, 11) is 0. The van der Waals surface area contributed by atoms with Gasteiger partial charge < -0.3 is 5.11 Å². The average molecular weight is 142 g/mol. The molecule has 2 heteroatoms. The van der Waals surface area contributed by atoms with Gasteiger partial charge >= 0.3 is 5.97 Å². The molecule has 0 aromatic heterocycles. The lowest BCUT2D eigenvalue weighted by Crippen LogP contribution is -2.03. The summed E-state index contributed by atoms with van der Waals surface area (Å²) in [5.74, 6) is 0.580. The lowest BCUT2D eigenvalue weighted by atomic mass is 10.0. The lowest BCUT2D eigenvalue weighted by molar-refractivity contribution is -0.138. The van der Waals surface area contributed by atoms with Crippen molar-refractivity contribution < 1.29 is 9.90 Å². The van der Waals surface area contributed by atoms with E-state index in [0.717, 1.165) is 18.8 Å². The largest absolute Gasteiger partial charge is 0.481 e. The molecule has 2 atom stereocenters. The van der Waals surface area contributed by atoms with Crippen LogP contribution in [0, 0.1) is 11.8 Å². The van der Waals surface area contributed by atoms with Gasteiger partial charge in [-0.2, -0.15) is 0 Å². The zero-order chi connectivity index (χ0) is 7.56. The van der Waals surface area contributed by atoms with E-state index in [1.54, 1.807) is 0 Å². The maximum Gasteiger partial charge on any atom is 0.303 e. The summed E-state index contributed by atoms with van der Waals surface area (Å²) in [5.41, 5.74) is 0. The molecule has 0 spiro atoms. The van der Waals surface area contributed by atoms with E-state index >= 15 is 0 Å². The highest BCUT2D eigenvalue weighted by atomic mass is 16.4. The molecule has 1 rings (SSSR count). The first kappa shape index (κ1) is 7.58. The number of hydrogen-bond donors (Lipinski definition) is 1. The summed E-state index contributed by atoms with van der Waals surface area (Å²) in [6, 6.07) is 0. The minimum Gasteiger partial charge on any atom is -0.481 e. The molecule has 58 valence electrons. The topological polar surface area (TPSA) is 37.3 Å². The third kappa shape index (κ3) is 2.01. The van der Waals surface area contributed by atoms with Gasteiger partial charge in [0.05, 0.1) is 0 Å². The number of carboxylic acid groups (broad SMARTS) is 1. The van der Waals surface area contributed by atoms with E-state index in [0.29, 0.717) is 12.3 Å². The summed E-state index contributed by atoms with van der Waals surface area (Å²) in [5, 5.41) is 8.46. The fourth-order valence-electron chi connectivity index (χ4n) is 1.76.